The molecule has 144 valence electrons. The molecule has 1 unspecified atom stereocenters. The van der Waals surface area contributed by atoms with Gasteiger partial charge in [-0.3, -0.25) is 0 Å². The normalized spacial score (nSPS) is 11.6. The molecule has 0 amide bonds. The molecule has 0 heterocycles. The quantitative estimate of drug-likeness (QED) is 0.659. The van der Waals surface area contributed by atoms with E-state index in [9.17, 15) is 19.8 Å². The van der Waals surface area contributed by atoms with Gasteiger partial charge in [0.05, 0.1) is 12.7 Å². The molecule has 0 spiro atoms. The third-order valence-corrected chi connectivity index (χ3v) is 3.92. The number of carboxylic acids is 2. The lowest BCUT2D eigenvalue weighted by Crippen LogP contribution is -2.26. The summed E-state index contributed by atoms with van der Waals surface area (Å²) < 4.78 is 16.3. The van der Waals surface area contributed by atoms with E-state index in [-0.39, 0.29) is 18.6 Å². The second kappa shape index (κ2) is 9.59. The molecule has 0 bridgehead atoms. The van der Waals surface area contributed by atoms with Gasteiger partial charge in [-0.1, -0.05) is 24.3 Å². The van der Waals surface area contributed by atoms with E-state index in [0.29, 0.717) is 29.2 Å². The lowest BCUT2D eigenvalue weighted by Gasteiger charge is -2.16. The van der Waals surface area contributed by atoms with Gasteiger partial charge in [0, 0.05) is 18.6 Å². The highest BCUT2D eigenvalue weighted by Crippen LogP contribution is 2.30. The number of methoxy groups -OCH3 is 1. The lowest BCUT2D eigenvalue weighted by atomic mass is 10.1. The number of aliphatic carboxylic acids is 1. The summed E-state index contributed by atoms with van der Waals surface area (Å²) in [5.74, 6) is -1.20. The minimum absolute atomic E-state index is 0.0378. The van der Waals surface area contributed by atoms with Gasteiger partial charge in [0.2, 0.25) is 0 Å². The molecule has 7 nitrogen and oxygen atoms in total. The van der Waals surface area contributed by atoms with Crippen LogP contribution in [0.1, 0.15) is 28.4 Å². The van der Waals surface area contributed by atoms with E-state index >= 15 is 0 Å². The minimum Gasteiger partial charge on any atom is -0.493 e. The van der Waals surface area contributed by atoms with Crippen molar-refractivity contribution in [3.8, 4) is 11.5 Å². The van der Waals surface area contributed by atoms with Crippen LogP contribution in [0.5, 0.6) is 11.5 Å². The summed E-state index contributed by atoms with van der Waals surface area (Å²) in [7, 11) is 1.49. The molecule has 2 rings (SSSR count). The Bertz CT molecular complexity index is 801. The van der Waals surface area contributed by atoms with Crippen LogP contribution in [0.3, 0.4) is 0 Å². The Morgan fingerprint density at radius 1 is 1.07 bits per heavy atom. The van der Waals surface area contributed by atoms with Crippen molar-refractivity contribution in [2.45, 2.75) is 26.1 Å². The predicted molar refractivity (Wildman–Crippen MR) is 97.5 cm³/mol. The maximum atomic E-state index is 11.3. The third kappa shape index (κ3) is 5.46. The van der Waals surface area contributed by atoms with Crippen molar-refractivity contribution in [2.24, 2.45) is 0 Å². The molecule has 2 aromatic carbocycles. The zero-order valence-electron chi connectivity index (χ0n) is 15.2. The molecular weight excluding hydrogens is 352 g/mol. The third-order valence-electron chi connectivity index (χ3n) is 3.92. The van der Waals surface area contributed by atoms with Crippen LogP contribution < -0.4 is 9.47 Å². The van der Waals surface area contributed by atoms with E-state index in [2.05, 4.69) is 0 Å². The van der Waals surface area contributed by atoms with Crippen LogP contribution in [0.15, 0.2) is 42.5 Å². The molecule has 0 aromatic heterocycles. The average Bonchev–Trinajstić information content (AvgIpc) is 2.66. The summed E-state index contributed by atoms with van der Waals surface area (Å²) in [5.41, 5.74) is 1.39. The van der Waals surface area contributed by atoms with Gasteiger partial charge in [-0.15, -0.1) is 0 Å². The van der Waals surface area contributed by atoms with Gasteiger partial charge < -0.3 is 24.4 Å². The molecule has 1 atom stereocenters. The van der Waals surface area contributed by atoms with Crippen molar-refractivity contribution in [1.82, 2.24) is 0 Å². The average molecular weight is 374 g/mol. The van der Waals surface area contributed by atoms with Crippen LogP contribution in [-0.4, -0.2) is 42.0 Å². The Morgan fingerprint density at radius 2 is 1.81 bits per heavy atom. The van der Waals surface area contributed by atoms with Gasteiger partial charge >= 0.3 is 11.9 Å². The summed E-state index contributed by atoms with van der Waals surface area (Å²) in [5, 5.41) is 18.5. The smallest absolute Gasteiger partial charge is 0.336 e. The minimum atomic E-state index is -1.04. The van der Waals surface area contributed by atoms with Crippen molar-refractivity contribution in [2.75, 3.05) is 13.7 Å². The van der Waals surface area contributed by atoms with Crippen molar-refractivity contribution >= 4 is 11.9 Å². The van der Waals surface area contributed by atoms with Crippen molar-refractivity contribution in [1.29, 1.82) is 0 Å². The molecule has 2 N–H and O–H groups in total. The molecular formula is C20H22O7. The summed E-state index contributed by atoms with van der Waals surface area (Å²) in [4.78, 5) is 22.6. The monoisotopic (exact) mass is 374 g/mol. The lowest BCUT2D eigenvalue weighted by molar-refractivity contribution is -0.149. The molecule has 0 saturated heterocycles. The van der Waals surface area contributed by atoms with E-state index in [1.165, 1.54) is 13.2 Å². The first-order chi connectivity index (χ1) is 13.0. The fourth-order valence-corrected chi connectivity index (χ4v) is 2.60. The van der Waals surface area contributed by atoms with E-state index in [4.69, 9.17) is 14.2 Å². The first-order valence-electron chi connectivity index (χ1n) is 8.41. The number of rotatable bonds is 10. The Balaban J connectivity index is 2.20. The summed E-state index contributed by atoms with van der Waals surface area (Å²) in [6.45, 7) is 2.07. The van der Waals surface area contributed by atoms with Gasteiger partial charge in [-0.2, -0.15) is 0 Å². The van der Waals surface area contributed by atoms with Crippen molar-refractivity contribution in [3.63, 3.8) is 0 Å². The van der Waals surface area contributed by atoms with Crippen molar-refractivity contribution < 1.29 is 34.0 Å². The molecule has 27 heavy (non-hydrogen) atoms. The number of benzene rings is 2. The van der Waals surface area contributed by atoms with E-state index in [1.54, 1.807) is 43.3 Å². The van der Waals surface area contributed by atoms with Gasteiger partial charge in [-0.25, -0.2) is 9.59 Å². The number of hydrogen-bond acceptors (Lipinski definition) is 5. The van der Waals surface area contributed by atoms with Crippen LogP contribution >= 0.6 is 0 Å². The first kappa shape index (κ1) is 20.3. The number of ether oxygens (including phenoxy) is 3. The van der Waals surface area contributed by atoms with E-state index in [0.717, 1.165) is 0 Å². The van der Waals surface area contributed by atoms with Gasteiger partial charge in [0.15, 0.2) is 17.6 Å². The molecule has 0 saturated carbocycles. The molecule has 0 aliphatic heterocycles. The largest absolute Gasteiger partial charge is 0.493 e. The molecule has 7 heteroatoms. The number of aromatic carboxylic acids is 1. The zero-order valence-corrected chi connectivity index (χ0v) is 15.2. The number of hydrogen-bond donors (Lipinski definition) is 2. The SMILES string of the molecule is CCOC(Cc1ccc(OC)c(OCc2ccccc2C(=O)O)c1)C(=O)O. The van der Waals surface area contributed by atoms with Crippen LogP contribution in [-0.2, 0) is 22.6 Å². The van der Waals surface area contributed by atoms with Crippen LogP contribution in [0.2, 0.25) is 0 Å². The van der Waals surface area contributed by atoms with E-state index < -0.39 is 18.0 Å². The summed E-state index contributed by atoms with van der Waals surface area (Å²) in [6, 6.07) is 11.7. The van der Waals surface area contributed by atoms with Crippen LogP contribution in [0, 0.1) is 0 Å². The molecule has 2 aromatic rings. The first-order valence-corrected chi connectivity index (χ1v) is 8.41. The highest BCUT2D eigenvalue weighted by atomic mass is 16.5. The Labute approximate surface area is 157 Å². The van der Waals surface area contributed by atoms with Crippen LogP contribution in [0.25, 0.3) is 0 Å². The predicted octanol–water partition coefficient (Wildman–Crippen LogP) is 3.00. The van der Waals surface area contributed by atoms with Crippen molar-refractivity contribution in [3.05, 3.63) is 59.2 Å². The Hall–Kier alpha value is -3.06. The van der Waals surface area contributed by atoms with Crippen LogP contribution in [0.4, 0.5) is 0 Å². The molecule has 0 aliphatic rings. The fraction of sp³-hybridized carbons (Fsp3) is 0.300. The zero-order chi connectivity index (χ0) is 19.8. The maximum Gasteiger partial charge on any atom is 0.336 e. The summed E-state index contributed by atoms with van der Waals surface area (Å²) in [6.07, 6.45) is -0.779. The second-order valence-electron chi connectivity index (χ2n) is 5.72. The fourth-order valence-electron chi connectivity index (χ4n) is 2.60. The second-order valence-corrected chi connectivity index (χ2v) is 5.72. The Morgan fingerprint density at radius 3 is 2.44 bits per heavy atom. The number of carbonyl (C=O) groups is 2. The van der Waals surface area contributed by atoms with Gasteiger partial charge in [-0.05, 0) is 30.7 Å². The van der Waals surface area contributed by atoms with E-state index in [1.807, 2.05) is 0 Å². The molecule has 0 aliphatic carbocycles. The topological polar surface area (TPSA) is 102 Å². The van der Waals surface area contributed by atoms with Gasteiger partial charge in [0.1, 0.15) is 6.61 Å². The highest BCUT2D eigenvalue weighted by Gasteiger charge is 2.19. The number of carboxylic acid groups (broad SMARTS) is 2. The highest BCUT2D eigenvalue weighted by molar-refractivity contribution is 5.89. The molecule has 0 fully saturated rings. The standard InChI is InChI=1S/C20H22O7/c1-3-26-18(20(23)24)11-13-8-9-16(25-2)17(10-13)27-12-14-6-4-5-7-15(14)19(21)22/h4-10,18H,3,11-12H2,1-2H3,(H,21,22)(H,23,24). The molecule has 0 radical (unpaired) electrons. The Kier molecular flexibility index (Phi) is 7.19. The van der Waals surface area contributed by atoms with Gasteiger partial charge in [0.25, 0.3) is 0 Å². The maximum absolute atomic E-state index is 11.3. The summed E-state index contributed by atoms with van der Waals surface area (Å²) >= 11 is 0.